The number of hydrogen-bond donors (Lipinski definition) is 1. The summed E-state index contributed by atoms with van der Waals surface area (Å²) in [7, 11) is 0. The van der Waals surface area contributed by atoms with Crippen LogP contribution >= 0.6 is 34.5 Å². The van der Waals surface area contributed by atoms with Crippen LogP contribution < -0.4 is 5.32 Å². The minimum atomic E-state index is 0.0624. The van der Waals surface area contributed by atoms with Gasteiger partial charge in [-0.15, -0.1) is 11.3 Å². The maximum absolute atomic E-state index is 6.35. The quantitative estimate of drug-likeness (QED) is 0.773. The highest BCUT2D eigenvalue weighted by Gasteiger charge is 2.21. The van der Waals surface area contributed by atoms with Gasteiger partial charge in [-0.1, -0.05) is 36.2 Å². The summed E-state index contributed by atoms with van der Waals surface area (Å²) >= 11 is 14.4. The van der Waals surface area contributed by atoms with Crippen molar-refractivity contribution in [3.05, 3.63) is 55.7 Å². The van der Waals surface area contributed by atoms with Crippen LogP contribution in [0.15, 0.2) is 29.6 Å². The summed E-state index contributed by atoms with van der Waals surface area (Å²) < 4.78 is 0. The fourth-order valence-corrected chi connectivity index (χ4v) is 3.49. The second-order valence-electron chi connectivity index (χ2n) is 4.45. The van der Waals surface area contributed by atoms with Gasteiger partial charge in [-0.2, -0.15) is 0 Å². The summed E-state index contributed by atoms with van der Waals surface area (Å²) in [5.41, 5.74) is 2.23. The van der Waals surface area contributed by atoms with Crippen molar-refractivity contribution < 1.29 is 0 Å². The lowest BCUT2D eigenvalue weighted by Gasteiger charge is -2.21. The molecule has 2 rings (SSSR count). The van der Waals surface area contributed by atoms with Gasteiger partial charge in [-0.25, -0.2) is 0 Å². The Bertz CT molecular complexity index is 531. The third kappa shape index (κ3) is 3.32. The van der Waals surface area contributed by atoms with Crippen LogP contribution in [-0.4, -0.2) is 6.54 Å². The third-order valence-electron chi connectivity index (χ3n) is 3.10. The van der Waals surface area contributed by atoms with Crippen molar-refractivity contribution in [2.24, 2.45) is 0 Å². The van der Waals surface area contributed by atoms with Crippen LogP contribution in [0.25, 0.3) is 0 Å². The van der Waals surface area contributed by atoms with Crippen LogP contribution in [0, 0.1) is 6.92 Å². The zero-order valence-corrected chi connectivity index (χ0v) is 13.4. The molecule has 19 heavy (non-hydrogen) atoms. The molecular weight excluding hydrogens is 297 g/mol. The summed E-state index contributed by atoms with van der Waals surface area (Å²) in [5, 5.41) is 7.08. The van der Waals surface area contributed by atoms with Crippen molar-refractivity contribution >= 4 is 34.5 Å². The molecule has 0 aliphatic carbocycles. The molecule has 1 N–H and O–H groups in total. The minimum absolute atomic E-state index is 0.0624. The van der Waals surface area contributed by atoms with Crippen LogP contribution in [0.4, 0.5) is 0 Å². The molecule has 0 fully saturated rings. The Labute approximate surface area is 128 Å². The van der Waals surface area contributed by atoms with E-state index in [9.17, 15) is 0 Å². The van der Waals surface area contributed by atoms with E-state index in [2.05, 4.69) is 30.6 Å². The van der Waals surface area contributed by atoms with E-state index in [4.69, 9.17) is 23.2 Å². The molecule has 0 radical (unpaired) electrons. The summed E-state index contributed by atoms with van der Waals surface area (Å²) in [6.07, 6.45) is 1.07. The number of thiophene rings is 1. The highest BCUT2D eigenvalue weighted by Crippen LogP contribution is 2.36. The van der Waals surface area contributed by atoms with Gasteiger partial charge in [0.1, 0.15) is 0 Å². The molecule has 0 bridgehead atoms. The van der Waals surface area contributed by atoms with Crippen molar-refractivity contribution in [2.45, 2.75) is 26.3 Å². The zero-order chi connectivity index (χ0) is 13.8. The Morgan fingerprint density at radius 2 is 1.89 bits per heavy atom. The largest absolute Gasteiger partial charge is 0.306 e. The number of halogens is 2. The van der Waals surface area contributed by atoms with Crippen molar-refractivity contribution in [1.29, 1.82) is 0 Å². The molecule has 2 aromatic rings. The average Bonchev–Trinajstić information content (AvgIpc) is 2.79. The lowest BCUT2D eigenvalue weighted by atomic mass is 9.99. The van der Waals surface area contributed by atoms with Gasteiger partial charge in [-0.05, 0) is 49.0 Å². The van der Waals surface area contributed by atoms with E-state index < -0.39 is 0 Å². The zero-order valence-electron chi connectivity index (χ0n) is 11.0. The first-order valence-corrected chi connectivity index (χ1v) is 8.00. The molecule has 0 amide bonds. The molecule has 0 saturated carbocycles. The number of hydrogen-bond acceptors (Lipinski definition) is 2. The summed E-state index contributed by atoms with van der Waals surface area (Å²) in [4.78, 5) is 1.30. The average molecular weight is 314 g/mol. The highest BCUT2D eigenvalue weighted by atomic mass is 35.5. The lowest BCUT2D eigenvalue weighted by Crippen LogP contribution is -2.24. The second-order valence-corrected chi connectivity index (χ2v) is 6.39. The molecule has 102 valence electrons. The Balaban J connectivity index is 2.46. The van der Waals surface area contributed by atoms with Gasteiger partial charge in [-0.3, -0.25) is 0 Å². The Kier molecular flexibility index (Phi) is 5.28. The molecular formula is C15H17Cl2NS. The van der Waals surface area contributed by atoms with E-state index in [0.717, 1.165) is 18.5 Å². The molecule has 1 unspecified atom stereocenters. The Morgan fingerprint density at radius 3 is 2.42 bits per heavy atom. The Morgan fingerprint density at radius 1 is 1.21 bits per heavy atom. The van der Waals surface area contributed by atoms with Crippen molar-refractivity contribution in [3.8, 4) is 0 Å². The van der Waals surface area contributed by atoms with E-state index in [0.29, 0.717) is 10.0 Å². The van der Waals surface area contributed by atoms with Gasteiger partial charge in [0.25, 0.3) is 0 Å². The molecule has 0 aliphatic rings. The maximum atomic E-state index is 6.35. The van der Waals surface area contributed by atoms with Crippen LogP contribution in [0.2, 0.25) is 10.0 Å². The number of benzene rings is 1. The fraction of sp³-hybridized carbons (Fsp3) is 0.333. The van der Waals surface area contributed by atoms with E-state index in [1.807, 2.05) is 18.2 Å². The first-order valence-electron chi connectivity index (χ1n) is 6.36. The lowest BCUT2D eigenvalue weighted by molar-refractivity contribution is 0.598. The SMILES string of the molecule is CCCNC(c1ccsc1C)c1c(Cl)cccc1Cl. The van der Waals surface area contributed by atoms with Gasteiger partial charge in [0, 0.05) is 20.5 Å². The smallest absolute Gasteiger partial charge is 0.0617 e. The van der Waals surface area contributed by atoms with Gasteiger partial charge in [0.15, 0.2) is 0 Å². The summed E-state index contributed by atoms with van der Waals surface area (Å²) in [6.45, 7) is 5.21. The predicted molar refractivity (Wildman–Crippen MR) is 85.7 cm³/mol. The van der Waals surface area contributed by atoms with Crippen LogP contribution in [0.1, 0.15) is 35.4 Å². The topological polar surface area (TPSA) is 12.0 Å². The molecule has 1 atom stereocenters. The van der Waals surface area contributed by atoms with E-state index in [-0.39, 0.29) is 6.04 Å². The molecule has 1 aromatic carbocycles. The van der Waals surface area contributed by atoms with E-state index in [1.54, 1.807) is 11.3 Å². The predicted octanol–water partition coefficient (Wildman–Crippen LogP) is 5.45. The van der Waals surface area contributed by atoms with Crippen LogP contribution in [-0.2, 0) is 0 Å². The van der Waals surface area contributed by atoms with Crippen molar-refractivity contribution in [2.75, 3.05) is 6.54 Å². The molecule has 1 aromatic heterocycles. The second kappa shape index (κ2) is 6.76. The van der Waals surface area contributed by atoms with Crippen LogP contribution in [0.5, 0.6) is 0 Å². The van der Waals surface area contributed by atoms with E-state index >= 15 is 0 Å². The molecule has 1 nitrogen and oxygen atoms in total. The van der Waals surface area contributed by atoms with Gasteiger partial charge >= 0.3 is 0 Å². The van der Waals surface area contributed by atoms with E-state index in [1.165, 1.54) is 10.4 Å². The monoisotopic (exact) mass is 313 g/mol. The van der Waals surface area contributed by atoms with Crippen molar-refractivity contribution in [1.82, 2.24) is 5.32 Å². The molecule has 4 heteroatoms. The normalized spacial score (nSPS) is 12.6. The fourth-order valence-electron chi connectivity index (χ4n) is 2.14. The third-order valence-corrected chi connectivity index (χ3v) is 4.62. The highest BCUT2D eigenvalue weighted by molar-refractivity contribution is 7.10. The van der Waals surface area contributed by atoms with Gasteiger partial charge < -0.3 is 5.32 Å². The van der Waals surface area contributed by atoms with Gasteiger partial charge in [0.05, 0.1) is 6.04 Å². The van der Waals surface area contributed by atoms with Crippen molar-refractivity contribution in [3.63, 3.8) is 0 Å². The first kappa shape index (κ1) is 14.9. The minimum Gasteiger partial charge on any atom is -0.306 e. The number of rotatable bonds is 5. The van der Waals surface area contributed by atoms with Gasteiger partial charge in [0.2, 0.25) is 0 Å². The number of nitrogens with one attached hydrogen (secondary N) is 1. The molecule has 1 heterocycles. The van der Waals surface area contributed by atoms with Crippen LogP contribution in [0.3, 0.4) is 0 Å². The molecule has 0 spiro atoms. The number of aryl methyl sites for hydroxylation is 1. The summed E-state index contributed by atoms with van der Waals surface area (Å²) in [6, 6.07) is 7.88. The first-order chi connectivity index (χ1) is 9.15. The molecule has 0 saturated heterocycles. The maximum Gasteiger partial charge on any atom is 0.0617 e. The Hall–Kier alpha value is -0.540. The molecule has 0 aliphatic heterocycles. The standard InChI is InChI=1S/C15H17Cl2NS/c1-3-8-18-15(11-7-9-19-10(11)2)14-12(16)5-4-6-13(14)17/h4-7,9,15,18H,3,8H2,1-2H3. The summed E-state index contributed by atoms with van der Waals surface area (Å²) in [5.74, 6) is 0.